The molecule has 28 heavy (non-hydrogen) atoms. The summed E-state index contributed by atoms with van der Waals surface area (Å²) in [6.07, 6.45) is 4.68. The third kappa shape index (κ3) is 5.63. The van der Waals surface area contributed by atoms with Gasteiger partial charge in [-0.2, -0.15) is 0 Å². The van der Waals surface area contributed by atoms with Gasteiger partial charge in [-0.15, -0.1) is 23.5 Å². The number of halogens is 2. The molecule has 1 saturated carbocycles. The molecule has 2 nitrogen and oxygen atoms in total. The van der Waals surface area contributed by atoms with E-state index in [1.54, 1.807) is 23.5 Å². The van der Waals surface area contributed by atoms with Gasteiger partial charge in [0, 0.05) is 21.1 Å². The molecule has 150 valence electrons. The van der Waals surface area contributed by atoms with Crippen molar-refractivity contribution in [2.45, 2.75) is 54.9 Å². The van der Waals surface area contributed by atoms with Gasteiger partial charge in [0.25, 0.3) is 0 Å². The van der Waals surface area contributed by atoms with Gasteiger partial charge in [0.1, 0.15) is 0 Å². The molecule has 0 spiro atoms. The number of hydrogen-bond acceptors (Lipinski definition) is 3. The summed E-state index contributed by atoms with van der Waals surface area (Å²) in [5.74, 6) is 0.527. The van der Waals surface area contributed by atoms with Crippen molar-refractivity contribution in [3.8, 4) is 0 Å². The van der Waals surface area contributed by atoms with E-state index in [9.17, 15) is 4.79 Å². The Morgan fingerprint density at radius 3 is 2.21 bits per heavy atom. The second-order valence-corrected chi connectivity index (χ2v) is 10.4. The van der Waals surface area contributed by atoms with Crippen LogP contribution in [0.1, 0.15) is 36.8 Å². The van der Waals surface area contributed by atoms with Crippen LogP contribution in [0, 0.1) is 13.8 Å². The molecule has 0 bridgehead atoms. The molecule has 1 fully saturated rings. The molecule has 0 saturated heterocycles. The fraction of sp³-hybridized carbons (Fsp3) is 0.409. The maximum Gasteiger partial charge on any atom is 0.234 e. The molecule has 2 aromatic carbocycles. The molecule has 0 aromatic heterocycles. The van der Waals surface area contributed by atoms with Crippen LogP contribution in [-0.2, 0) is 4.79 Å². The quantitative estimate of drug-likeness (QED) is 0.494. The first-order valence-corrected chi connectivity index (χ1v) is 12.2. The van der Waals surface area contributed by atoms with E-state index in [1.807, 2.05) is 50.2 Å². The van der Waals surface area contributed by atoms with Crippen LogP contribution < -0.4 is 5.32 Å². The highest BCUT2D eigenvalue weighted by atomic mass is 35.5. The Morgan fingerprint density at radius 1 is 1.00 bits per heavy atom. The van der Waals surface area contributed by atoms with Gasteiger partial charge >= 0.3 is 0 Å². The molecule has 0 radical (unpaired) electrons. The van der Waals surface area contributed by atoms with Crippen molar-refractivity contribution in [1.82, 2.24) is 0 Å². The zero-order valence-electron chi connectivity index (χ0n) is 16.1. The second-order valence-electron chi connectivity index (χ2n) is 7.16. The number of hydrogen-bond donors (Lipinski definition) is 1. The molecule has 1 amide bonds. The van der Waals surface area contributed by atoms with Crippen molar-refractivity contribution in [3.05, 3.63) is 57.6 Å². The standard InChI is InChI=1S/C22H25Cl2NOS2/c1-14-7-5-8-15(2)21(14)25-20(26)13-27-18-11-3-4-12-19(18)28-22-16(23)9-6-10-17(22)24/h5-10,18-19H,3-4,11-13H2,1-2H3,(H,25,26). The van der Waals surface area contributed by atoms with E-state index in [4.69, 9.17) is 23.2 Å². The van der Waals surface area contributed by atoms with Crippen molar-refractivity contribution in [1.29, 1.82) is 0 Å². The molecular formula is C22H25Cl2NOS2. The van der Waals surface area contributed by atoms with Crippen molar-refractivity contribution in [3.63, 3.8) is 0 Å². The van der Waals surface area contributed by atoms with Crippen LogP contribution in [0.15, 0.2) is 41.3 Å². The maximum absolute atomic E-state index is 12.6. The minimum Gasteiger partial charge on any atom is -0.325 e. The van der Waals surface area contributed by atoms with E-state index >= 15 is 0 Å². The molecular weight excluding hydrogens is 429 g/mol. The first-order chi connectivity index (χ1) is 13.5. The monoisotopic (exact) mass is 453 g/mol. The van der Waals surface area contributed by atoms with Crippen LogP contribution >= 0.6 is 46.7 Å². The van der Waals surface area contributed by atoms with Crippen LogP contribution in [0.3, 0.4) is 0 Å². The topological polar surface area (TPSA) is 29.1 Å². The van der Waals surface area contributed by atoms with Crippen molar-refractivity contribution >= 4 is 58.3 Å². The van der Waals surface area contributed by atoms with Gasteiger partial charge in [0.05, 0.1) is 15.8 Å². The highest BCUT2D eigenvalue weighted by molar-refractivity contribution is 8.04. The highest BCUT2D eigenvalue weighted by Gasteiger charge is 2.28. The summed E-state index contributed by atoms with van der Waals surface area (Å²) in [6.45, 7) is 4.05. The van der Waals surface area contributed by atoms with Gasteiger partial charge in [-0.1, -0.05) is 60.3 Å². The average Bonchev–Trinajstić information content (AvgIpc) is 2.67. The highest BCUT2D eigenvalue weighted by Crippen LogP contribution is 2.44. The number of thioether (sulfide) groups is 2. The van der Waals surface area contributed by atoms with Crippen LogP contribution in [0.5, 0.6) is 0 Å². The number of para-hydroxylation sites is 1. The number of benzene rings is 2. The lowest BCUT2D eigenvalue weighted by atomic mass is 10.00. The minimum absolute atomic E-state index is 0.0625. The average molecular weight is 454 g/mol. The first-order valence-electron chi connectivity index (χ1n) is 9.54. The molecule has 6 heteroatoms. The van der Waals surface area contributed by atoms with Crippen molar-refractivity contribution in [2.75, 3.05) is 11.1 Å². The van der Waals surface area contributed by atoms with Crippen LogP contribution in [0.4, 0.5) is 5.69 Å². The van der Waals surface area contributed by atoms with Crippen LogP contribution in [0.2, 0.25) is 10.0 Å². The Hall–Kier alpha value is -0.810. The van der Waals surface area contributed by atoms with E-state index < -0.39 is 0 Å². The van der Waals surface area contributed by atoms with Crippen LogP contribution in [0.25, 0.3) is 0 Å². The molecule has 2 atom stereocenters. The van der Waals surface area contributed by atoms with Crippen molar-refractivity contribution < 1.29 is 4.79 Å². The molecule has 0 heterocycles. The van der Waals surface area contributed by atoms with Crippen LogP contribution in [-0.4, -0.2) is 22.2 Å². The van der Waals surface area contributed by atoms with Gasteiger partial charge in [-0.3, -0.25) is 4.79 Å². The van der Waals surface area contributed by atoms with E-state index in [0.29, 0.717) is 26.3 Å². The number of nitrogens with one attached hydrogen (secondary N) is 1. The third-order valence-corrected chi connectivity index (χ3v) is 8.99. The lowest BCUT2D eigenvalue weighted by Gasteiger charge is -2.31. The van der Waals surface area contributed by atoms with Gasteiger partial charge in [-0.05, 0) is 49.9 Å². The predicted molar refractivity (Wildman–Crippen MR) is 125 cm³/mol. The lowest BCUT2D eigenvalue weighted by Crippen LogP contribution is -2.27. The fourth-order valence-corrected chi connectivity index (χ4v) is 6.93. The SMILES string of the molecule is Cc1cccc(C)c1NC(=O)CSC1CCCCC1Sc1c(Cl)cccc1Cl. The molecule has 0 aliphatic heterocycles. The molecule has 3 rings (SSSR count). The number of carbonyl (C=O) groups excluding carboxylic acids is 1. The molecule has 2 unspecified atom stereocenters. The summed E-state index contributed by atoms with van der Waals surface area (Å²) in [4.78, 5) is 13.5. The Bertz CT molecular complexity index is 803. The van der Waals surface area contributed by atoms with Crippen molar-refractivity contribution in [2.24, 2.45) is 0 Å². The largest absolute Gasteiger partial charge is 0.325 e. The zero-order valence-corrected chi connectivity index (χ0v) is 19.3. The van der Waals surface area contributed by atoms with Gasteiger partial charge in [-0.25, -0.2) is 0 Å². The summed E-state index contributed by atoms with van der Waals surface area (Å²) < 4.78 is 0. The summed E-state index contributed by atoms with van der Waals surface area (Å²) >= 11 is 16.3. The number of carbonyl (C=O) groups is 1. The molecule has 2 aromatic rings. The summed E-state index contributed by atoms with van der Waals surface area (Å²) in [5.41, 5.74) is 3.13. The summed E-state index contributed by atoms with van der Waals surface area (Å²) in [5, 5.41) is 5.35. The van der Waals surface area contributed by atoms with E-state index in [2.05, 4.69) is 5.32 Å². The normalized spacial score (nSPS) is 19.4. The number of rotatable bonds is 6. The number of amides is 1. The van der Waals surface area contributed by atoms with Gasteiger partial charge < -0.3 is 5.32 Å². The zero-order chi connectivity index (χ0) is 20.1. The maximum atomic E-state index is 12.6. The Morgan fingerprint density at radius 2 is 1.57 bits per heavy atom. The van der Waals surface area contributed by atoms with E-state index in [0.717, 1.165) is 34.6 Å². The Balaban J connectivity index is 1.61. The molecule has 1 aliphatic rings. The van der Waals surface area contributed by atoms with Gasteiger partial charge in [0.2, 0.25) is 5.91 Å². The molecule has 1 aliphatic carbocycles. The van der Waals surface area contributed by atoms with Gasteiger partial charge in [0.15, 0.2) is 0 Å². The summed E-state index contributed by atoms with van der Waals surface area (Å²) in [6, 6.07) is 11.7. The Kier molecular flexibility index (Phi) is 8.04. The smallest absolute Gasteiger partial charge is 0.234 e. The van der Waals surface area contributed by atoms with E-state index in [1.165, 1.54) is 12.8 Å². The third-order valence-electron chi connectivity index (χ3n) is 5.00. The summed E-state index contributed by atoms with van der Waals surface area (Å²) in [7, 11) is 0. The number of aryl methyl sites for hydroxylation is 2. The second kappa shape index (κ2) is 10.3. The Labute approximate surface area is 186 Å². The fourth-order valence-electron chi connectivity index (χ4n) is 3.50. The predicted octanol–water partition coefficient (Wildman–Crippen LogP) is 7.39. The lowest BCUT2D eigenvalue weighted by molar-refractivity contribution is -0.113. The number of anilines is 1. The minimum atomic E-state index is 0.0625. The first kappa shape index (κ1) is 21.9. The van der Waals surface area contributed by atoms with E-state index in [-0.39, 0.29) is 5.91 Å². The molecule has 1 N–H and O–H groups in total.